The molecule has 0 saturated heterocycles. The van der Waals surface area contributed by atoms with Crippen LogP contribution in [0.15, 0.2) is 18.7 Å². The van der Waals surface area contributed by atoms with Gasteiger partial charge in [0.15, 0.2) is 0 Å². The van der Waals surface area contributed by atoms with Gasteiger partial charge in [0.2, 0.25) is 10.0 Å². The molecule has 0 aromatic carbocycles. The minimum Gasteiger partial charge on any atom is -0.329 e. The largest absolute Gasteiger partial charge is 0.329 e. The Bertz CT molecular complexity index is 403. The third kappa shape index (κ3) is 5.78. The third-order valence-electron chi connectivity index (χ3n) is 2.20. The van der Waals surface area contributed by atoms with Crippen LogP contribution in [-0.4, -0.2) is 56.1 Å². The number of aromatic nitrogens is 2. The molecule has 1 aromatic rings. The van der Waals surface area contributed by atoms with E-state index >= 15 is 0 Å². The summed E-state index contributed by atoms with van der Waals surface area (Å²) in [5.74, 6) is -0.104. The van der Waals surface area contributed by atoms with Crippen LogP contribution in [0.2, 0.25) is 0 Å². The smallest absolute Gasteiger partial charge is 0.230 e. The van der Waals surface area contributed by atoms with Crippen molar-refractivity contribution < 1.29 is 8.42 Å². The van der Waals surface area contributed by atoms with Crippen molar-refractivity contribution in [1.29, 1.82) is 0 Å². The number of sulfonamides is 1. The Hall–Kier alpha value is -0.960. The van der Waals surface area contributed by atoms with E-state index in [9.17, 15) is 8.42 Å². The van der Waals surface area contributed by atoms with Gasteiger partial charge in [-0.3, -0.25) is 0 Å². The summed E-state index contributed by atoms with van der Waals surface area (Å²) in [6.45, 7) is 2.34. The minimum absolute atomic E-state index is 0.104. The first kappa shape index (κ1) is 14.1. The number of hydrogen-bond donors (Lipinski definition) is 2. The van der Waals surface area contributed by atoms with E-state index in [1.165, 1.54) is 10.9 Å². The molecular formula is C9H19N5O2S. The monoisotopic (exact) mass is 261 g/mol. The number of nitrogens with one attached hydrogen (secondary N) is 1. The zero-order chi connectivity index (χ0) is 12.7. The van der Waals surface area contributed by atoms with Crippen LogP contribution in [0.1, 0.15) is 0 Å². The Labute approximate surface area is 102 Å². The van der Waals surface area contributed by atoms with Crippen LogP contribution in [0.4, 0.5) is 0 Å². The van der Waals surface area contributed by atoms with Crippen molar-refractivity contribution in [2.75, 3.05) is 33.2 Å². The van der Waals surface area contributed by atoms with Crippen LogP contribution in [-0.2, 0) is 15.9 Å². The van der Waals surface area contributed by atoms with Gasteiger partial charge in [-0.1, -0.05) is 0 Å². The fraction of sp³-hybridized carbons (Fsp3) is 0.667. The Morgan fingerprint density at radius 3 is 2.82 bits per heavy atom. The molecule has 0 amide bonds. The maximum absolute atomic E-state index is 11.6. The SMILES string of the molecule is CN(CCN)CCNS(=O)(=O)Cn1ccnc1. The number of likely N-dealkylation sites (N-methyl/N-ethyl adjacent to an activating group) is 1. The van der Waals surface area contributed by atoms with E-state index in [1.54, 1.807) is 12.4 Å². The van der Waals surface area contributed by atoms with Crippen LogP contribution < -0.4 is 10.5 Å². The van der Waals surface area contributed by atoms with Gasteiger partial charge < -0.3 is 15.2 Å². The van der Waals surface area contributed by atoms with Crippen LogP contribution in [0.25, 0.3) is 0 Å². The van der Waals surface area contributed by atoms with Gasteiger partial charge in [-0.2, -0.15) is 0 Å². The van der Waals surface area contributed by atoms with E-state index in [4.69, 9.17) is 5.73 Å². The van der Waals surface area contributed by atoms with Crippen LogP contribution in [0, 0.1) is 0 Å². The quantitative estimate of drug-likeness (QED) is 0.603. The van der Waals surface area contributed by atoms with E-state index in [0.717, 1.165) is 6.54 Å². The predicted molar refractivity (Wildman–Crippen MR) is 65.7 cm³/mol. The first-order valence-corrected chi connectivity index (χ1v) is 7.00. The molecule has 0 spiro atoms. The van der Waals surface area contributed by atoms with Gasteiger partial charge in [-0.15, -0.1) is 0 Å². The lowest BCUT2D eigenvalue weighted by Crippen LogP contribution is -2.36. The summed E-state index contributed by atoms with van der Waals surface area (Å²) in [5, 5.41) is 0. The lowest BCUT2D eigenvalue weighted by atomic mass is 10.5. The number of nitrogens with zero attached hydrogens (tertiary/aromatic N) is 3. The maximum atomic E-state index is 11.6. The molecule has 98 valence electrons. The minimum atomic E-state index is -3.30. The molecule has 0 atom stereocenters. The standard InChI is InChI=1S/C9H19N5O2S/c1-13(5-2-10)6-4-12-17(15,16)9-14-7-3-11-8-14/h3,7-8,12H,2,4-6,9-10H2,1H3. The highest BCUT2D eigenvalue weighted by Crippen LogP contribution is 1.93. The lowest BCUT2D eigenvalue weighted by Gasteiger charge is -2.15. The lowest BCUT2D eigenvalue weighted by molar-refractivity contribution is 0.348. The molecule has 0 unspecified atom stereocenters. The zero-order valence-corrected chi connectivity index (χ0v) is 10.7. The van der Waals surface area contributed by atoms with E-state index in [1.807, 2.05) is 11.9 Å². The average molecular weight is 261 g/mol. The highest BCUT2D eigenvalue weighted by atomic mass is 32.2. The molecule has 7 nitrogen and oxygen atoms in total. The van der Waals surface area contributed by atoms with Crippen molar-refractivity contribution in [3.8, 4) is 0 Å². The molecule has 1 heterocycles. The zero-order valence-electron chi connectivity index (χ0n) is 9.91. The fourth-order valence-electron chi connectivity index (χ4n) is 1.33. The Balaban J connectivity index is 2.30. The highest BCUT2D eigenvalue weighted by molar-refractivity contribution is 7.88. The van der Waals surface area contributed by atoms with Gasteiger partial charge in [-0.05, 0) is 7.05 Å². The maximum Gasteiger partial charge on any atom is 0.230 e. The molecule has 0 aliphatic carbocycles. The normalized spacial score (nSPS) is 12.2. The second kappa shape index (κ2) is 6.70. The molecular weight excluding hydrogens is 242 g/mol. The van der Waals surface area contributed by atoms with Crippen LogP contribution in [0.3, 0.4) is 0 Å². The summed E-state index contributed by atoms with van der Waals surface area (Å²) in [5.41, 5.74) is 5.39. The van der Waals surface area contributed by atoms with Crippen molar-refractivity contribution in [3.63, 3.8) is 0 Å². The molecule has 0 radical (unpaired) electrons. The third-order valence-corrected chi connectivity index (χ3v) is 3.49. The van der Waals surface area contributed by atoms with E-state index < -0.39 is 10.0 Å². The molecule has 0 bridgehead atoms. The second-order valence-electron chi connectivity index (χ2n) is 3.81. The molecule has 0 saturated carbocycles. The molecule has 1 rings (SSSR count). The summed E-state index contributed by atoms with van der Waals surface area (Å²) < 4.78 is 27.3. The Morgan fingerprint density at radius 1 is 1.47 bits per heavy atom. The number of imidazole rings is 1. The molecule has 8 heteroatoms. The topological polar surface area (TPSA) is 93.3 Å². The first-order chi connectivity index (χ1) is 8.03. The molecule has 1 aromatic heterocycles. The van der Waals surface area contributed by atoms with Gasteiger partial charge in [-0.25, -0.2) is 18.1 Å². The van der Waals surface area contributed by atoms with Crippen LogP contribution >= 0.6 is 0 Å². The Morgan fingerprint density at radius 2 is 2.24 bits per heavy atom. The molecule has 17 heavy (non-hydrogen) atoms. The summed E-state index contributed by atoms with van der Waals surface area (Å²) >= 11 is 0. The van der Waals surface area contributed by atoms with Crippen molar-refractivity contribution >= 4 is 10.0 Å². The van der Waals surface area contributed by atoms with Crippen molar-refractivity contribution in [2.45, 2.75) is 5.88 Å². The molecule has 0 aliphatic heterocycles. The number of nitrogens with two attached hydrogens (primary N) is 1. The van der Waals surface area contributed by atoms with Gasteiger partial charge in [0, 0.05) is 38.6 Å². The highest BCUT2D eigenvalue weighted by Gasteiger charge is 2.10. The molecule has 3 N–H and O–H groups in total. The summed E-state index contributed by atoms with van der Waals surface area (Å²) in [7, 11) is -1.40. The van der Waals surface area contributed by atoms with E-state index in [-0.39, 0.29) is 5.88 Å². The van der Waals surface area contributed by atoms with E-state index in [2.05, 4.69) is 9.71 Å². The van der Waals surface area contributed by atoms with E-state index in [0.29, 0.717) is 19.6 Å². The second-order valence-corrected chi connectivity index (χ2v) is 5.58. The fourth-order valence-corrected chi connectivity index (χ4v) is 2.37. The van der Waals surface area contributed by atoms with Crippen molar-refractivity contribution in [2.24, 2.45) is 5.73 Å². The predicted octanol–water partition coefficient (Wildman–Crippen LogP) is -1.35. The van der Waals surface area contributed by atoms with Gasteiger partial charge >= 0.3 is 0 Å². The van der Waals surface area contributed by atoms with Gasteiger partial charge in [0.1, 0.15) is 5.88 Å². The van der Waals surface area contributed by atoms with Crippen molar-refractivity contribution in [1.82, 2.24) is 19.2 Å². The first-order valence-electron chi connectivity index (χ1n) is 5.35. The molecule has 0 aliphatic rings. The number of hydrogen-bond acceptors (Lipinski definition) is 5. The summed E-state index contributed by atoms with van der Waals surface area (Å²) in [6.07, 6.45) is 4.63. The van der Waals surface area contributed by atoms with Gasteiger partial charge in [0.25, 0.3) is 0 Å². The van der Waals surface area contributed by atoms with Crippen LogP contribution in [0.5, 0.6) is 0 Å². The van der Waals surface area contributed by atoms with Gasteiger partial charge in [0.05, 0.1) is 6.33 Å². The average Bonchev–Trinajstić information content (AvgIpc) is 2.69. The Kier molecular flexibility index (Phi) is 5.56. The number of rotatable bonds is 8. The summed E-state index contributed by atoms with van der Waals surface area (Å²) in [6, 6.07) is 0. The summed E-state index contributed by atoms with van der Waals surface area (Å²) in [4.78, 5) is 5.76. The molecule has 0 fully saturated rings. The van der Waals surface area contributed by atoms with Crippen molar-refractivity contribution in [3.05, 3.63) is 18.7 Å².